The van der Waals surface area contributed by atoms with Gasteiger partial charge in [0.05, 0.1) is 7.11 Å². The number of nitrogens with zero attached hydrogens (tertiary/aromatic N) is 1. The summed E-state index contributed by atoms with van der Waals surface area (Å²) in [7, 11) is 1.60. The monoisotopic (exact) mass is 369 g/mol. The van der Waals surface area contributed by atoms with Crippen molar-refractivity contribution in [2.45, 2.75) is 0 Å². The molecule has 0 N–H and O–H groups in total. The smallest absolute Gasteiger partial charge is 0.336 e. The minimum atomic E-state index is -0.440. The van der Waals surface area contributed by atoms with Gasteiger partial charge in [-0.15, -0.1) is 0 Å². The lowest BCUT2D eigenvalue weighted by Gasteiger charge is -2.04. The van der Waals surface area contributed by atoms with Crippen LogP contribution in [0.1, 0.15) is 5.56 Å². The molecule has 0 aliphatic rings. The molecule has 0 atom stereocenters. The van der Waals surface area contributed by atoms with Crippen LogP contribution in [0.3, 0.4) is 0 Å². The molecule has 0 unspecified atom stereocenters. The maximum Gasteiger partial charge on any atom is 0.336 e. The van der Waals surface area contributed by atoms with Crippen molar-refractivity contribution in [2.24, 2.45) is 4.99 Å². The van der Waals surface area contributed by atoms with Gasteiger partial charge in [-0.3, -0.25) is 4.99 Å². The van der Waals surface area contributed by atoms with Crippen LogP contribution in [0.25, 0.3) is 32.9 Å². The third-order valence-corrected chi connectivity index (χ3v) is 4.70. The van der Waals surface area contributed by atoms with E-state index >= 15 is 0 Å². The van der Waals surface area contributed by atoms with E-state index in [0.717, 1.165) is 21.7 Å². The molecule has 136 valence electrons. The van der Waals surface area contributed by atoms with Gasteiger partial charge in [-0.2, -0.15) is 0 Å². The lowest BCUT2D eigenvalue weighted by Crippen LogP contribution is -2.00. The highest BCUT2D eigenvalue weighted by Gasteiger charge is 2.12. The fraction of sp³-hybridized carbons (Fsp3) is 0.0435. The van der Waals surface area contributed by atoms with Crippen molar-refractivity contribution in [3.63, 3.8) is 0 Å². The van der Waals surface area contributed by atoms with Crippen LogP contribution in [0.15, 0.2) is 85.4 Å². The molecule has 3 aromatic carbocycles. The van der Waals surface area contributed by atoms with E-state index in [4.69, 9.17) is 13.6 Å². The van der Waals surface area contributed by atoms with Crippen molar-refractivity contribution in [3.8, 4) is 5.75 Å². The zero-order chi connectivity index (χ0) is 19.1. The maximum absolute atomic E-state index is 12.1. The van der Waals surface area contributed by atoms with Gasteiger partial charge in [0.25, 0.3) is 0 Å². The SMILES string of the molecule is COc1ccccc1N=Cc1cc(=O)oc2cc3oc4ccccc4c3cc12. The van der Waals surface area contributed by atoms with Crippen molar-refractivity contribution < 1.29 is 13.6 Å². The van der Waals surface area contributed by atoms with Crippen molar-refractivity contribution in [3.05, 3.63) is 82.7 Å². The Labute approximate surface area is 159 Å². The van der Waals surface area contributed by atoms with Gasteiger partial charge < -0.3 is 13.6 Å². The lowest BCUT2D eigenvalue weighted by atomic mass is 10.1. The number of aliphatic imine (C=N–C) groups is 1. The minimum absolute atomic E-state index is 0.440. The van der Waals surface area contributed by atoms with Crippen LogP contribution in [0.5, 0.6) is 5.75 Å². The summed E-state index contributed by atoms with van der Waals surface area (Å²) in [5, 5.41) is 2.76. The van der Waals surface area contributed by atoms with Gasteiger partial charge in [-0.25, -0.2) is 4.79 Å². The summed E-state index contributed by atoms with van der Waals surface area (Å²) in [6, 6.07) is 20.4. The summed E-state index contributed by atoms with van der Waals surface area (Å²) < 4.78 is 16.6. The molecule has 0 amide bonds. The van der Waals surface area contributed by atoms with E-state index in [2.05, 4.69) is 4.99 Å². The number of para-hydroxylation sites is 3. The van der Waals surface area contributed by atoms with Crippen LogP contribution in [0, 0.1) is 0 Å². The average Bonchev–Trinajstić information content (AvgIpc) is 3.08. The number of furan rings is 1. The fourth-order valence-electron chi connectivity index (χ4n) is 3.39. The van der Waals surface area contributed by atoms with Crippen LogP contribution < -0.4 is 10.4 Å². The molecule has 0 aliphatic carbocycles. The Balaban J connectivity index is 1.74. The lowest BCUT2D eigenvalue weighted by molar-refractivity contribution is 0.416. The number of benzene rings is 3. The second-order valence-electron chi connectivity index (χ2n) is 6.39. The fourth-order valence-corrected chi connectivity index (χ4v) is 3.39. The van der Waals surface area contributed by atoms with Gasteiger partial charge in [0, 0.05) is 40.1 Å². The normalized spacial score (nSPS) is 11.8. The Morgan fingerprint density at radius 1 is 0.821 bits per heavy atom. The number of hydrogen-bond acceptors (Lipinski definition) is 5. The third kappa shape index (κ3) is 2.65. The molecule has 2 aromatic heterocycles. The standard InChI is InChI=1S/C23H15NO4/c1-26-20-9-5-3-7-18(20)24-13-14-10-23(25)28-21-12-22-17(11-16(14)21)15-6-2-4-8-19(15)27-22/h2-13H,1H3. The van der Waals surface area contributed by atoms with Gasteiger partial charge in [0.1, 0.15) is 28.2 Å². The predicted molar refractivity (Wildman–Crippen MR) is 110 cm³/mol. The highest BCUT2D eigenvalue weighted by Crippen LogP contribution is 2.33. The molecule has 5 rings (SSSR count). The first-order valence-electron chi connectivity index (χ1n) is 8.79. The van der Waals surface area contributed by atoms with E-state index in [9.17, 15) is 4.79 Å². The second-order valence-corrected chi connectivity index (χ2v) is 6.39. The topological polar surface area (TPSA) is 64.9 Å². The van der Waals surface area contributed by atoms with Crippen LogP contribution in [0.4, 0.5) is 5.69 Å². The molecular formula is C23H15NO4. The second kappa shape index (κ2) is 6.39. The molecule has 0 fully saturated rings. The Bertz CT molecular complexity index is 1430. The van der Waals surface area contributed by atoms with Gasteiger partial charge in [-0.1, -0.05) is 30.3 Å². The molecular weight excluding hydrogens is 354 g/mol. The molecule has 0 saturated carbocycles. The molecule has 0 aliphatic heterocycles. The summed E-state index contributed by atoms with van der Waals surface area (Å²) in [6.45, 7) is 0. The van der Waals surface area contributed by atoms with Crippen molar-refractivity contribution in [2.75, 3.05) is 7.11 Å². The molecule has 0 spiro atoms. The van der Waals surface area contributed by atoms with Gasteiger partial charge in [0.15, 0.2) is 0 Å². The zero-order valence-electron chi connectivity index (χ0n) is 15.0. The number of fused-ring (bicyclic) bond motifs is 4. The van der Waals surface area contributed by atoms with Gasteiger partial charge in [0.2, 0.25) is 0 Å². The van der Waals surface area contributed by atoms with Crippen LogP contribution in [-0.4, -0.2) is 13.3 Å². The number of ether oxygens (including phenoxy) is 1. The number of hydrogen-bond donors (Lipinski definition) is 0. The summed E-state index contributed by atoms with van der Waals surface area (Å²) >= 11 is 0. The average molecular weight is 369 g/mol. The molecule has 28 heavy (non-hydrogen) atoms. The van der Waals surface area contributed by atoms with E-state index in [-0.39, 0.29) is 0 Å². The van der Waals surface area contributed by atoms with Crippen molar-refractivity contribution >= 4 is 44.8 Å². The van der Waals surface area contributed by atoms with Crippen LogP contribution >= 0.6 is 0 Å². The molecule has 5 aromatic rings. The largest absolute Gasteiger partial charge is 0.494 e. The van der Waals surface area contributed by atoms with Gasteiger partial charge in [-0.05, 0) is 24.3 Å². The number of rotatable bonds is 3. The highest BCUT2D eigenvalue weighted by molar-refractivity contribution is 6.11. The first-order valence-corrected chi connectivity index (χ1v) is 8.79. The Morgan fingerprint density at radius 2 is 1.61 bits per heavy atom. The minimum Gasteiger partial charge on any atom is -0.494 e. The first kappa shape index (κ1) is 16.3. The molecule has 0 bridgehead atoms. The van der Waals surface area contributed by atoms with E-state index in [1.807, 2.05) is 54.6 Å². The van der Waals surface area contributed by atoms with E-state index in [0.29, 0.717) is 28.2 Å². The van der Waals surface area contributed by atoms with Crippen molar-refractivity contribution in [1.29, 1.82) is 0 Å². The Hall–Kier alpha value is -3.86. The predicted octanol–water partition coefficient (Wildman–Crippen LogP) is 5.45. The first-order chi connectivity index (χ1) is 13.7. The van der Waals surface area contributed by atoms with E-state index in [1.54, 1.807) is 19.4 Å². The number of methoxy groups -OCH3 is 1. The van der Waals surface area contributed by atoms with Crippen LogP contribution in [0.2, 0.25) is 0 Å². The van der Waals surface area contributed by atoms with E-state index in [1.165, 1.54) is 6.07 Å². The summed E-state index contributed by atoms with van der Waals surface area (Å²) in [4.78, 5) is 16.6. The Morgan fingerprint density at radius 3 is 2.50 bits per heavy atom. The quantitative estimate of drug-likeness (QED) is 0.313. The highest BCUT2D eigenvalue weighted by atomic mass is 16.5. The molecule has 0 saturated heterocycles. The van der Waals surface area contributed by atoms with Crippen LogP contribution in [-0.2, 0) is 0 Å². The molecule has 5 nitrogen and oxygen atoms in total. The maximum atomic E-state index is 12.1. The molecule has 2 heterocycles. The summed E-state index contributed by atoms with van der Waals surface area (Å²) in [5.74, 6) is 0.661. The summed E-state index contributed by atoms with van der Waals surface area (Å²) in [5.41, 5.74) is 2.84. The third-order valence-electron chi connectivity index (χ3n) is 4.70. The molecule has 0 radical (unpaired) electrons. The van der Waals surface area contributed by atoms with Gasteiger partial charge >= 0.3 is 5.63 Å². The summed E-state index contributed by atoms with van der Waals surface area (Å²) in [6.07, 6.45) is 1.66. The molecule has 5 heteroatoms. The zero-order valence-corrected chi connectivity index (χ0v) is 15.0. The van der Waals surface area contributed by atoms with Crippen molar-refractivity contribution in [1.82, 2.24) is 0 Å². The Kier molecular flexibility index (Phi) is 3.72. The van der Waals surface area contributed by atoms with E-state index < -0.39 is 5.63 Å².